The summed E-state index contributed by atoms with van der Waals surface area (Å²) in [6.45, 7) is 1.39. The SMILES string of the molecule is NC(=S)C1(C(=O)N2Cc3ccccc3C2)CC1. The third kappa shape index (κ3) is 1.55. The second-order valence-corrected chi connectivity index (χ2v) is 5.32. The van der Waals surface area contributed by atoms with Gasteiger partial charge < -0.3 is 10.6 Å². The molecule has 0 saturated heterocycles. The van der Waals surface area contributed by atoms with Gasteiger partial charge in [-0.05, 0) is 24.0 Å². The number of carbonyl (C=O) groups excluding carboxylic acids is 1. The van der Waals surface area contributed by atoms with Gasteiger partial charge in [0.1, 0.15) is 0 Å². The van der Waals surface area contributed by atoms with Crippen molar-refractivity contribution in [2.45, 2.75) is 25.9 Å². The van der Waals surface area contributed by atoms with Gasteiger partial charge in [0.05, 0.1) is 10.4 Å². The average molecular weight is 246 g/mol. The molecule has 1 saturated carbocycles. The third-order valence-electron chi connectivity index (χ3n) is 3.76. The number of thiocarbonyl (C=S) groups is 1. The normalized spacial score (nSPS) is 19.9. The maximum atomic E-state index is 12.4. The van der Waals surface area contributed by atoms with E-state index in [1.54, 1.807) is 0 Å². The Morgan fingerprint density at radius 2 is 1.76 bits per heavy atom. The molecule has 0 aromatic heterocycles. The summed E-state index contributed by atoms with van der Waals surface area (Å²) in [6.07, 6.45) is 1.63. The summed E-state index contributed by atoms with van der Waals surface area (Å²) in [6, 6.07) is 8.16. The topological polar surface area (TPSA) is 46.3 Å². The molecule has 1 fully saturated rings. The highest BCUT2D eigenvalue weighted by molar-refractivity contribution is 7.80. The number of nitrogens with zero attached hydrogens (tertiary/aromatic N) is 1. The van der Waals surface area contributed by atoms with Crippen LogP contribution in [0.3, 0.4) is 0 Å². The maximum Gasteiger partial charge on any atom is 0.236 e. The Labute approximate surface area is 106 Å². The van der Waals surface area contributed by atoms with Crippen molar-refractivity contribution in [3.05, 3.63) is 35.4 Å². The first-order valence-electron chi connectivity index (χ1n) is 5.79. The first-order valence-corrected chi connectivity index (χ1v) is 6.20. The molecule has 2 aliphatic rings. The molecule has 0 radical (unpaired) electrons. The minimum absolute atomic E-state index is 0.112. The lowest BCUT2D eigenvalue weighted by Crippen LogP contribution is -2.40. The first kappa shape index (κ1) is 10.7. The second-order valence-electron chi connectivity index (χ2n) is 4.88. The summed E-state index contributed by atoms with van der Waals surface area (Å²) in [7, 11) is 0. The zero-order valence-corrected chi connectivity index (χ0v) is 10.3. The lowest BCUT2D eigenvalue weighted by Gasteiger charge is -2.21. The average Bonchev–Trinajstić information content (AvgIpc) is 3.02. The molecule has 1 amide bonds. The van der Waals surface area contributed by atoms with E-state index in [0.717, 1.165) is 12.8 Å². The molecule has 1 aliphatic carbocycles. The molecule has 0 bridgehead atoms. The molecule has 88 valence electrons. The number of hydrogen-bond acceptors (Lipinski definition) is 2. The van der Waals surface area contributed by atoms with E-state index in [1.165, 1.54) is 11.1 Å². The van der Waals surface area contributed by atoms with Gasteiger partial charge in [-0.1, -0.05) is 36.5 Å². The molecule has 3 nitrogen and oxygen atoms in total. The van der Waals surface area contributed by atoms with Crippen molar-refractivity contribution < 1.29 is 4.79 Å². The minimum Gasteiger partial charge on any atom is -0.392 e. The van der Waals surface area contributed by atoms with Crippen LogP contribution in [0.15, 0.2) is 24.3 Å². The smallest absolute Gasteiger partial charge is 0.236 e. The van der Waals surface area contributed by atoms with Gasteiger partial charge in [-0.3, -0.25) is 4.79 Å². The van der Waals surface area contributed by atoms with Gasteiger partial charge in [0, 0.05) is 13.1 Å². The largest absolute Gasteiger partial charge is 0.392 e. The molecular formula is C13H14N2OS. The Morgan fingerprint density at radius 3 is 2.18 bits per heavy atom. The number of rotatable bonds is 2. The molecule has 1 aliphatic heterocycles. The molecule has 1 heterocycles. The molecule has 1 aromatic rings. The summed E-state index contributed by atoms with van der Waals surface area (Å²) in [5.41, 5.74) is 7.65. The highest BCUT2D eigenvalue weighted by Crippen LogP contribution is 2.48. The fraction of sp³-hybridized carbons (Fsp3) is 0.385. The number of benzene rings is 1. The van der Waals surface area contributed by atoms with E-state index < -0.39 is 5.41 Å². The Morgan fingerprint density at radius 1 is 1.24 bits per heavy atom. The van der Waals surface area contributed by atoms with Gasteiger partial charge in [0.25, 0.3) is 0 Å². The van der Waals surface area contributed by atoms with E-state index in [1.807, 2.05) is 17.0 Å². The zero-order valence-electron chi connectivity index (χ0n) is 9.48. The van der Waals surface area contributed by atoms with Gasteiger partial charge in [0.2, 0.25) is 5.91 Å². The van der Waals surface area contributed by atoms with E-state index in [2.05, 4.69) is 12.1 Å². The molecule has 3 rings (SSSR count). The Bertz CT molecular complexity index is 483. The standard InChI is InChI=1S/C13H14N2OS/c14-11(17)13(5-6-13)12(16)15-7-9-3-1-2-4-10(9)8-15/h1-4H,5-8H2,(H2,14,17). The van der Waals surface area contributed by atoms with Crippen LogP contribution in [-0.2, 0) is 17.9 Å². The molecule has 0 spiro atoms. The van der Waals surface area contributed by atoms with Crippen molar-refractivity contribution in [3.8, 4) is 0 Å². The van der Waals surface area contributed by atoms with Gasteiger partial charge in [-0.25, -0.2) is 0 Å². The summed E-state index contributed by atoms with van der Waals surface area (Å²) in [5, 5.41) is 0. The zero-order chi connectivity index (χ0) is 12.0. The number of nitrogens with two attached hydrogens (primary N) is 1. The van der Waals surface area contributed by atoms with Crippen LogP contribution < -0.4 is 5.73 Å². The second kappa shape index (κ2) is 3.53. The van der Waals surface area contributed by atoms with Crippen molar-refractivity contribution in [3.63, 3.8) is 0 Å². The predicted octanol–water partition coefficient (Wildman–Crippen LogP) is 1.60. The van der Waals surface area contributed by atoms with Gasteiger partial charge in [-0.15, -0.1) is 0 Å². The fourth-order valence-electron chi connectivity index (χ4n) is 2.47. The van der Waals surface area contributed by atoms with Crippen molar-refractivity contribution in [2.75, 3.05) is 0 Å². The van der Waals surface area contributed by atoms with Gasteiger partial charge in [0.15, 0.2) is 0 Å². The van der Waals surface area contributed by atoms with Crippen LogP contribution in [0.4, 0.5) is 0 Å². The summed E-state index contributed by atoms with van der Waals surface area (Å²) in [4.78, 5) is 14.6. The monoisotopic (exact) mass is 246 g/mol. The molecule has 17 heavy (non-hydrogen) atoms. The predicted molar refractivity (Wildman–Crippen MR) is 69.1 cm³/mol. The molecule has 2 N–H and O–H groups in total. The van der Waals surface area contributed by atoms with Crippen molar-refractivity contribution >= 4 is 23.1 Å². The van der Waals surface area contributed by atoms with Crippen LogP contribution in [0.25, 0.3) is 0 Å². The number of amides is 1. The Hall–Kier alpha value is -1.42. The molecular weight excluding hydrogens is 232 g/mol. The highest BCUT2D eigenvalue weighted by atomic mass is 32.1. The lowest BCUT2D eigenvalue weighted by atomic mass is 10.1. The quantitative estimate of drug-likeness (QED) is 0.806. The summed E-state index contributed by atoms with van der Waals surface area (Å²) >= 11 is 5.02. The maximum absolute atomic E-state index is 12.4. The van der Waals surface area contributed by atoms with Crippen LogP contribution in [0.5, 0.6) is 0 Å². The molecule has 4 heteroatoms. The minimum atomic E-state index is -0.516. The number of hydrogen-bond donors (Lipinski definition) is 1. The van der Waals surface area contributed by atoms with Crippen molar-refractivity contribution in [1.82, 2.24) is 4.90 Å². The Kier molecular flexibility index (Phi) is 2.23. The van der Waals surface area contributed by atoms with E-state index >= 15 is 0 Å². The summed E-state index contributed by atoms with van der Waals surface area (Å²) < 4.78 is 0. The van der Waals surface area contributed by atoms with E-state index in [0.29, 0.717) is 18.1 Å². The van der Waals surface area contributed by atoms with Crippen molar-refractivity contribution in [1.29, 1.82) is 0 Å². The van der Waals surface area contributed by atoms with Crippen molar-refractivity contribution in [2.24, 2.45) is 11.1 Å². The van der Waals surface area contributed by atoms with E-state index in [4.69, 9.17) is 18.0 Å². The molecule has 0 unspecified atom stereocenters. The van der Waals surface area contributed by atoms with Crippen LogP contribution in [-0.4, -0.2) is 15.8 Å². The summed E-state index contributed by atoms with van der Waals surface area (Å²) in [5.74, 6) is 0.112. The third-order valence-corrected chi connectivity index (χ3v) is 4.15. The number of fused-ring (bicyclic) bond motifs is 1. The Balaban J connectivity index is 1.82. The fourth-order valence-corrected chi connectivity index (χ4v) is 2.76. The lowest BCUT2D eigenvalue weighted by molar-refractivity contribution is -0.135. The number of carbonyl (C=O) groups is 1. The van der Waals surface area contributed by atoms with Gasteiger partial charge in [-0.2, -0.15) is 0 Å². The molecule has 1 aromatic carbocycles. The van der Waals surface area contributed by atoms with Crippen LogP contribution in [0.1, 0.15) is 24.0 Å². The first-order chi connectivity index (χ1) is 8.13. The van der Waals surface area contributed by atoms with Crippen LogP contribution in [0.2, 0.25) is 0 Å². The molecule has 0 atom stereocenters. The van der Waals surface area contributed by atoms with E-state index in [-0.39, 0.29) is 5.91 Å². The van der Waals surface area contributed by atoms with Crippen LogP contribution in [0, 0.1) is 5.41 Å². The van der Waals surface area contributed by atoms with Gasteiger partial charge >= 0.3 is 0 Å². The van der Waals surface area contributed by atoms with Crippen LogP contribution >= 0.6 is 12.2 Å². The van der Waals surface area contributed by atoms with E-state index in [9.17, 15) is 4.79 Å². The highest BCUT2D eigenvalue weighted by Gasteiger charge is 2.54.